The fourth-order valence-corrected chi connectivity index (χ4v) is 4.42. The first kappa shape index (κ1) is 22.1. The van der Waals surface area contributed by atoms with E-state index in [0.29, 0.717) is 11.3 Å². The number of rotatable bonds is 8. The number of non-ortho nitro benzene ring substituents is 1. The fraction of sp³-hybridized carbons (Fsp3) is 0.333. The number of nitrogens with one attached hydrogen (secondary N) is 2. The molecule has 1 aromatic carbocycles. The van der Waals surface area contributed by atoms with E-state index in [4.69, 9.17) is 4.74 Å². The number of hydrogen-bond donors (Lipinski definition) is 3. The third-order valence-corrected chi connectivity index (χ3v) is 5.89. The minimum Gasteiger partial charge on any atom is -0.477 e. The largest absolute Gasteiger partial charge is 0.477 e. The Morgan fingerprint density at radius 2 is 2.00 bits per heavy atom. The third kappa shape index (κ3) is 4.77. The number of hydrogen-bond acceptors (Lipinski definition) is 9. The summed E-state index contributed by atoms with van der Waals surface area (Å²) in [6.07, 6.45) is 0. The van der Waals surface area contributed by atoms with Gasteiger partial charge in [0.25, 0.3) is 11.6 Å². The highest BCUT2D eigenvalue weighted by molar-refractivity contribution is 8.00. The van der Waals surface area contributed by atoms with Crippen LogP contribution in [0.1, 0.15) is 6.92 Å². The van der Waals surface area contributed by atoms with E-state index >= 15 is 0 Å². The Bertz CT molecular complexity index is 977. The summed E-state index contributed by atoms with van der Waals surface area (Å²) in [5, 5.41) is 24.9. The second-order valence-corrected chi connectivity index (χ2v) is 7.76. The third-order valence-electron chi connectivity index (χ3n) is 4.55. The lowest BCUT2D eigenvalue weighted by Crippen LogP contribution is -2.71. The molecule has 2 atom stereocenters. The number of aliphatic carboxylic acids is 1. The zero-order chi connectivity index (χ0) is 22.7. The van der Waals surface area contributed by atoms with Crippen molar-refractivity contribution in [1.29, 1.82) is 0 Å². The summed E-state index contributed by atoms with van der Waals surface area (Å²) in [5.74, 6) is -2.71. The predicted octanol–water partition coefficient (Wildman–Crippen LogP) is 0.308. The van der Waals surface area contributed by atoms with E-state index in [1.54, 1.807) is 0 Å². The minimum atomic E-state index is -1.31. The molecule has 3 rings (SSSR count). The number of thioether (sulfide) groups is 1. The van der Waals surface area contributed by atoms with Gasteiger partial charge in [-0.2, -0.15) is 0 Å². The molecule has 164 valence electrons. The van der Waals surface area contributed by atoms with E-state index in [2.05, 4.69) is 10.6 Å². The van der Waals surface area contributed by atoms with Crippen LogP contribution in [-0.2, 0) is 23.9 Å². The van der Waals surface area contributed by atoms with E-state index in [1.807, 2.05) is 0 Å². The van der Waals surface area contributed by atoms with Crippen LogP contribution in [0.25, 0.3) is 0 Å². The van der Waals surface area contributed by atoms with Crippen LogP contribution in [0.3, 0.4) is 0 Å². The van der Waals surface area contributed by atoms with Crippen LogP contribution >= 0.6 is 11.8 Å². The molecule has 12 nitrogen and oxygen atoms in total. The summed E-state index contributed by atoms with van der Waals surface area (Å²) in [6.45, 7) is 0.791. The highest BCUT2D eigenvalue weighted by Crippen LogP contribution is 2.40. The number of β-lactam (4-membered cyclic amide) rings is 1. The van der Waals surface area contributed by atoms with E-state index in [0.717, 1.165) is 4.90 Å². The van der Waals surface area contributed by atoms with Crippen molar-refractivity contribution >= 4 is 46.9 Å². The normalized spacial score (nSPS) is 19.8. The lowest BCUT2D eigenvalue weighted by atomic mass is 10.0. The quantitative estimate of drug-likeness (QED) is 0.217. The number of fused-ring (bicyclic) bond motifs is 1. The Kier molecular flexibility index (Phi) is 6.44. The van der Waals surface area contributed by atoms with E-state index in [-0.39, 0.29) is 30.3 Å². The summed E-state index contributed by atoms with van der Waals surface area (Å²) in [6, 6.07) is 4.60. The molecule has 3 N–H and O–H groups in total. The zero-order valence-corrected chi connectivity index (χ0v) is 17.0. The zero-order valence-electron chi connectivity index (χ0n) is 16.2. The Labute approximate surface area is 179 Å². The molecule has 31 heavy (non-hydrogen) atoms. The number of carbonyl (C=O) groups excluding carboxylic acids is 3. The van der Waals surface area contributed by atoms with Crippen molar-refractivity contribution in [3.05, 3.63) is 45.6 Å². The van der Waals surface area contributed by atoms with Crippen LogP contribution in [0.4, 0.5) is 11.4 Å². The summed E-state index contributed by atoms with van der Waals surface area (Å²) >= 11 is 1.26. The Balaban J connectivity index is 1.59. The van der Waals surface area contributed by atoms with Gasteiger partial charge in [0, 0.05) is 36.1 Å². The molecule has 0 radical (unpaired) electrons. The van der Waals surface area contributed by atoms with Crippen LogP contribution < -0.4 is 10.6 Å². The summed E-state index contributed by atoms with van der Waals surface area (Å²) in [7, 11) is 0. The summed E-state index contributed by atoms with van der Waals surface area (Å²) in [5.41, 5.74) is 0.479. The van der Waals surface area contributed by atoms with Gasteiger partial charge in [-0.25, -0.2) is 4.79 Å². The van der Waals surface area contributed by atoms with Gasteiger partial charge in [-0.3, -0.25) is 29.4 Å². The lowest BCUT2D eigenvalue weighted by Gasteiger charge is -2.49. The minimum absolute atomic E-state index is 0.0835. The monoisotopic (exact) mass is 450 g/mol. The number of amides is 2. The fourth-order valence-electron chi connectivity index (χ4n) is 3.09. The van der Waals surface area contributed by atoms with Crippen LogP contribution in [0.5, 0.6) is 0 Å². The Morgan fingerprint density at radius 1 is 1.32 bits per heavy atom. The maximum atomic E-state index is 12.5. The number of esters is 1. The second-order valence-electron chi connectivity index (χ2n) is 6.65. The molecule has 13 heteroatoms. The van der Waals surface area contributed by atoms with Gasteiger partial charge in [-0.15, -0.1) is 11.8 Å². The number of benzene rings is 1. The first-order chi connectivity index (χ1) is 14.7. The van der Waals surface area contributed by atoms with Crippen LogP contribution in [0.15, 0.2) is 35.5 Å². The van der Waals surface area contributed by atoms with Gasteiger partial charge < -0.3 is 20.5 Å². The van der Waals surface area contributed by atoms with Crippen molar-refractivity contribution < 1.29 is 33.9 Å². The molecule has 0 aliphatic carbocycles. The predicted molar refractivity (Wildman–Crippen MR) is 108 cm³/mol. The van der Waals surface area contributed by atoms with Gasteiger partial charge in [0.1, 0.15) is 23.7 Å². The standard InChI is InChI=1S/C18H18N4O8S/c1-9(23)30-7-10-8-31-17-14(16(25)21(17)15(10)18(26)27)20-13(24)6-19-11-2-4-12(5-3-11)22(28)29/h2-5,14,17,19H,6-8H2,1H3,(H,20,24)(H,26,27)/t14?,17-/m0/s1. The number of nitro groups is 1. The second kappa shape index (κ2) is 9.04. The average molecular weight is 450 g/mol. The number of carboxylic acid groups (broad SMARTS) is 1. The first-order valence-electron chi connectivity index (χ1n) is 9.00. The van der Waals surface area contributed by atoms with Gasteiger partial charge in [0.2, 0.25) is 5.91 Å². The molecular formula is C18H18N4O8S. The van der Waals surface area contributed by atoms with Crippen molar-refractivity contribution in [2.75, 3.05) is 24.2 Å². The van der Waals surface area contributed by atoms with Crippen molar-refractivity contribution in [1.82, 2.24) is 10.2 Å². The topological polar surface area (TPSA) is 168 Å². The van der Waals surface area contributed by atoms with Gasteiger partial charge in [-0.1, -0.05) is 0 Å². The van der Waals surface area contributed by atoms with Crippen molar-refractivity contribution in [3.8, 4) is 0 Å². The smallest absolute Gasteiger partial charge is 0.352 e. The summed E-state index contributed by atoms with van der Waals surface area (Å²) < 4.78 is 4.86. The number of carbonyl (C=O) groups is 4. The van der Waals surface area contributed by atoms with E-state index in [9.17, 15) is 34.4 Å². The molecular weight excluding hydrogens is 432 g/mol. The number of anilines is 1. The van der Waals surface area contributed by atoms with Crippen molar-refractivity contribution in [2.24, 2.45) is 0 Å². The van der Waals surface area contributed by atoms with E-state index < -0.39 is 40.1 Å². The van der Waals surface area contributed by atoms with Gasteiger partial charge in [0.05, 0.1) is 11.5 Å². The molecule has 0 aromatic heterocycles. The van der Waals surface area contributed by atoms with Crippen LogP contribution in [0.2, 0.25) is 0 Å². The highest BCUT2D eigenvalue weighted by Gasteiger charge is 2.54. The van der Waals surface area contributed by atoms with Crippen molar-refractivity contribution in [3.63, 3.8) is 0 Å². The maximum absolute atomic E-state index is 12.5. The summed E-state index contributed by atoms with van der Waals surface area (Å²) in [4.78, 5) is 58.6. The molecule has 1 aromatic rings. The van der Waals surface area contributed by atoms with Crippen molar-refractivity contribution in [2.45, 2.75) is 18.3 Å². The van der Waals surface area contributed by atoms with Gasteiger partial charge >= 0.3 is 11.9 Å². The maximum Gasteiger partial charge on any atom is 0.352 e. The lowest BCUT2D eigenvalue weighted by molar-refractivity contribution is -0.384. The molecule has 2 aliphatic rings. The number of carboxylic acids is 1. The first-order valence-corrected chi connectivity index (χ1v) is 10.0. The molecule has 0 bridgehead atoms. The molecule has 0 spiro atoms. The molecule has 2 heterocycles. The highest BCUT2D eigenvalue weighted by atomic mass is 32.2. The Morgan fingerprint density at radius 3 is 2.58 bits per heavy atom. The van der Waals surface area contributed by atoms with E-state index in [1.165, 1.54) is 43.0 Å². The Hall–Kier alpha value is -3.61. The molecule has 2 amide bonds. The van der Waals surface area contributed by atoms with Crippen LogP contribution in [0, 0.1) is 10.1 Å². The number of ether oxygens (including phenoxy) is 1. The SMILES string of the molecule is CC(=O)OCC1=C(C(=O)O)N2C(=O)C(NC(=O)CNc3ccc([N+](=O)[O-])cc3)[C@@H]2SC1. The molecule has 2 aliphatic heterocycles. The molecule has 1 unspecified atom stereocenters. The average Bonchev–Trinajstić information content (AvgIpc) is 2.73. The number of nitro benzene ring substituents is 1. The molecule has 1 fully saturated rings. The van der Waals surface area contributed by atoms with Crippen LogP contribution in [-0.4, -0.2) is 69.0 Å². The van der Waals surface area contributed by atoms with Gasteiger partial charge in [0.15, 0.2) is 0 Å². The van der Waals surface area contributed by atoms with Gasteiger partial charge in [-0.05, 0) is 12.1 Å². The number of nitrogens with zero attached hydrogens (tertiary/aromatic N) is 2. The molecule has 0 saturated carbocycles. The molecule has 1 saturated heterocycles.